The summed E-state index contributed by atoms with van der Waals surface area (Å²) in [5.41, 5.74) is 0.929. The smallest absolute Gasteiger partial charge is 0.360 e. The van der Waals surface area contributed by atoms with E-state index in [1.807, 2.05) is 0 Å². The predicted octanol–water partition coefficient (Wildman–Crippen LogP) is 3.16. The molecule has 0 saturated heterocycles. The van der Waals surface area contributed by atoms with Crippen molar-refractivity contribution in [1.29, 1.82) is 0 Å². The Kier molecular flexibility index (Phi) is 4.07. The van der Waals surface area contributed by atoms with Gasteiger partial charge in [-0.15, -0.1) is 0 Å². The Morgan fingerprint density at radius 2 is 2.11 bits per heavy atom. The van der Waals surface area contributed by atoms with Crippen LogP contribution in [0.15, 0.2) is 34.9 Å². The van der Waals surface area contributed by atoms with Crippen molar-refractivity contribution in [2.45, 2.75) is 6.92 Å². The molecule has 19 heavy (non-hydrogen) atoms. The molecule has 2 aromatic rings. The van der Waals surface area contributed by atoms with Gasteiger partial charge in [-0.05, 0) is 30.7 Å². The summed E-state index contributed by atoms with van der Waals surface area (Å²) < 4.78 is 22.6. The monoisotopic (exact) mass is 261 g/mol. The average molecular weight is 261 g/mol. The van der Waals surface area contributed by atoms with Gasteiger partial charge in [0.05, 0.1) is 6.61 Å². The van der Waals surface area contributed by atoms with Crippen LogP contribution in [0, 0.1) is 5.82 Å². The second kappa shape index (κ2) is 5.95. The summed E-state index contributed by atoms with van der Waals surface area (Å²) in [6.07, 6.45) is 4.54. The third-order valence-corrected chi connectivity index (χ3v) is 2.29. The van der Waals surface area contributed by atoms with Crippen LogP contribution < -0.4 is 0 Å². The number of hydrogen-bond acceptors (Lipinski definition) is 4. The van der Waals surface area contributed by atoms with E-state index in [9.17, 15) is 9.18 Å². The molecule has 4 nitrogen and oxygen atoms in total. The van der Waals surface area contributed by atoms with Gasteiger partial charge in [0.1, 0.15) is 12.1 Å². The Labute approximate surface area is 109 Å². The highest BCUT2D eigenvalue weighted by molar-refractivity contribution is 5.87. The molecule has 1 aromatic heterocycles. The standard InChI is InChI=1S/C14H12FNO3/c1-2-18-14(17)12-9-19-13(16-12)8-5-10-3-6-11(15)7-4-10/h3-9H,2H2,1H3/b8-5+. The lowest BCUT2D eigenvalue weighted by molar-refractivity contribution is 0.0519. The lowest BCUT2D eigenvalue weighted by atomic mass is 10.2. The Bertz CT molecular complexity index is 587. The maximum atomic E-state index is 12.7. The van der Waals surface area contributed by atoms with E-state index in [-0.39, 0.29) is 24.0 Å². The molecule has 0 unspecified atom stereocenters. The summed E-state index contributed by atoms with van der Waals surface area (Å²) in [6.45, 7) is 2.00. The van der Waals surface area contributed by atoms with Gasteiger partial charge in [-0.2, -0.15) is 0 Å². The highest BCUT2D eigenvalue weighted by Crippen LogP contribution is 2.10. The van der Waals surface area contributed by atoms with Gasteiger partial charge in [0.15, 0.2) is 5.69 Å². The molecule has 0 fully saturated rings. The first-order chi connectivity index (χ1) is 9.19. The van der Waals surface area contributed by atoms with Crippen LogP contribution in [0.3, 0.4) is 0 Å². The second-order valence-electron chi connectivity index (χ2n) is 3.68. The highest BCUT2D eigenvalue weighted by atomic mass is 19.1. The summed E-state index contributed by atoms with van der Waals surface area (Å²) >= 11 is 0. The fourth-order valence-corrected chi connectivity index (χ4v) is 1.40. The van der Waals surface area contributed by atoms with Gasteiger partial charge in [0.2, 0.25) is 5.89 Å². The Morgan fingerprint density at radius 1 is 1.37 bits per heavy atom. The van der Waals surface area contributed by atoms with Crippen molar-refractivity contribution < 1.29 is 18.3 Å². The fraction of sp³-hybridized carbons (Fsp3) is 0.143. The van der Waals surface area contributed by atoms with Crippen molar-refractivity contribution in [1.82, 2.24) is 4.98 Å². The number of carbonyl (C=O) groups excluding carboxylic acids is 1. The molecule has 0 bridgehead atoms. The van der Waals surface area contributed by atoms with Gasteiger partial charge in [0, 0.05) is 6.08 Å². The molecule has 1 heterocycles. The number of rotatable bonds is 4. The molecule has 0 aliphatic heterocycles. The van der Waals surface area contributed by atoms with Crippen LogP contribution in [0.25, 0.3) is 12.2 Å². The van der Waals surface area contributed by atoms with E-state index in [1.165, 1.54) is 18.4 Å². The molecule has 0 atom stereocenters. The van der Waals surface area contributed by atoms with E-state index >= 15 is 0 Å². The van der Waals surface area contributed by atoms with Crippen LogP contribution in [-0.2, 0) is 4.74 Å². The molecule has 0 aliphatic rings. The Balaban J connectivity index is 2.07. The zero-order valence-electron chi connectivity index (χ0n) is 10.3. The molecule has 5 heteroatoms. The van der Waals surface area contributed by atoms with Crippen molar-refractivity contribution in [3.05, 3.63) is 53.5 Å². The first-order valence-electron chi connectivity index (χ1n) is 5.75. The van der Waals surface area contributed by atoms with Crippen molar-refractivity contribution in [2.75, 3.05) is 6.61 Å². The number of ether oxygens (including phenoxy) is 1. The van der Waals surface area contributed by atoms with Crippen molar-refractivity contribution >= 4 is 18.1 Å². The Hall–Kier alpha value is -2.43. The number of esters is 1. The van der Waals surface area contributed by atoms with E-state index in [1.54, 1.807) is 31.2 Å². The summed E-state index contributed by atoms with van der Waals surface area (Å²) in [6, 6.07) is 5.97. The minimum Gasteiger partial charge on any atom is -0.461 e. The first-order valence-corrected chi connectivity index (χ1v) is 5.75. The zero-order valence-corrected chi connectivity index (χ0v) is 10.3. The molecule has 0 spiro atoms. The van der Waals surface area contributed by atoms with E-state index in [4.69, 9.17) is 9.15 Å². The van der Waals surface area contributed by atoms with E-state index in [2.05, 4.69) is 4.98 Å². The van der Waals surface area contributed by atoms with Crippen molar-refractivity contribution in [2.24, 2.45) is 0 Å². The molecule has 0 radical (unpaired) electrons. The third-order valence-electron chi connectivity index (χ3n) is 2.29. The normalized spacial score (nSPS) is 10.8. The molecular formula is C14H12FNO3. The molecule has 0 aliphatic carbocycles. The number of nitrogens with zero attached hydrogens (tertiary/aromatic N) is 1. The lowest BCUT2D eigenvalue weighted by Crippen LogP contribution is -2.04. The van der Waals surface area contributed by atoms with Crippen LogP contribution in [0.1, 0.15) is 28.9 Å². The van der Waals surface area contributed by atoms with E-state index < -0.39 is 5.97 Å². The summed E-state index contributed by atoms with van der Waals surface area (Å²) in [7, 11) is 0. The topological polar surface area (TPSA) is 52.3 Å². The number of halogens is 1. The van der Waals surface area contributed by atoms with Crippen molar-refractivity contribution in [3.8, 4) is 0 Å². The molecule has 0 amide bonds. The fourth-order valence-electron chi connectivity index (χ4n) is 1.40. The maximum absolute atomic E-state index is 12.7. The lowest BCUT2D eigenvalue weighted by Gasteiger charge is -1.94. The van der Waals surface area contributed by atoms with Gasteiger partial charge in [-0.25, -0.2) is 14.2 Å². The highest BCUT2D eigenvalue weighted by Gasteiger charge is 2.11. The molecule has 1 aromatic carbocycles. The predicted molar refractivity (Wildman–Crippen MR) is 67.8 cm³/mol. The number of oxazole rings is 1. The van der Waals surface area contributed by atoms with E-state index in [0.29, 0.717) is 0 Å². The molecule has 2 rings (SSSR count). The minimum atomic E-state index is -0.521. The summed E-state index contributed by atoms with van der Waals surface area (Å²) in [5.74, 6) is -0.530. The molecular weight excluding hydrogens is 249 g/mol. The minimum absolute atomic E-state index is 0.126. The second-order valence-corrected chi connectivity index (χ2v) is 3.68. The third kappa shape index (κ3) is 3.51. The van der Waals surface area contributed by atoms with Crippen LogP contribution in [0.2, 0.25) is 0 Å². The largest absolute Gasteiger partial charge is 0.461 e. The van der Waals surface area contributed by atoms with Crippen LogP contribution in [0.4, 0.5) is 4.39 Å². The summed E-state index contributed by atoms with van der Waals surface area (Å²) in [4.78, 5) is 15.3. The SMILES string of the molecule is CCOC(=O)c1coc(/C=C/c2ccc(F)cc2)n1. The number of carbonyl (C=O) groups is 1. The maximum Gasteiger partial charge on any atom is 0.360 e. The quantitative estimate of drug-likeness (QED) is 0.793. The van der Waals surface area contributed by atoms with Gasteiger partial charge in [-0.3, -0.25) is 0 Å². The van der Waals surface area contributed by atoms with Gasteiger partial charge >= 0.3 is 5.97 Å². The average Bonchev–Trinajstić information content (AvgIpc) is 2.87. The van der Waals surface area contributed by atoms with Gasteiger partial charge < -0.3 is 9.15 Å². The van der Waals surface area contributed by atoms with Crippen molar-refractivity contribution in [3.63, 3.8) is 0 Å². The number of benzene rings is 1. The Morgan fingerprint density at radius 3 is 2.79 bits per heavy atom. The molecule has 0 N–H and O–H groups in total. The zero-order chi connectivity index (χ0) is 13.7. The number of aromatic nitrogens is 1. The molecule has 0 saturated carbocycles. The van der Waals surface area contributed by atoms with Gasteiger partial charge in [0.25, 0.3) is 0 Å². The number of hydrogen-bond donors (Lipinski definition) is 0. The van der Waals surface area contributed by atoms with Crippen LogP contribution in [-0.4, -0.2) is 17.6 Å². The van der Waals surface area contributed by atoms with Gasteiger partial charge in [-0.1, -0.05) is 12.1 Å². The van der Waals surface area contributed by atoms with Crippen LogP contribution in [0.5, 0.6) is 0 Å². The van der Waals surface area contributed by atoms with E-state index in [0.717, 1.165) is 5.56 Å². The first kappa shape index (κ1) is 13.0. The molecule has 98 valence electrons. The van der Waals surface area contributed by atoms with Crippen LogP contribution >= 0.6 is 0 Å². The summed E-state index contributed by atoms with van der Waals surface area (Å²) in [5, 5.41) is 0.